The standard InChI is InChI=1S/C18H19F2N5O3S/c1-18(19,20)28-14-7-4-12(5-8-14)10-13-6-9-15(29(26,27)21-2)11-16(13)17-22-23-24-25(17)3/h4-9,11,21H,10H2,1-3H3. The largest absolute Gasteiger partial charge is 0.433 e. The molecule has 3 aromatic rings. The van der Waals surface area contributed by atoms with Crippen molar-refractivity contribution < 1.29 is 21.9 Å². The number of halogens is 2. The van der Waals surface area contributed by atoms with Crippen molar-refractivity contribution in [2.24, 2.45) is 7.05 Å². The molecular formula is C18H19F2N5O3S. The molecule has 0 aliphatic heterocycles. The highest BCUT2D eigenvalue weighted by Crippen LogP contribution is 2.28. The number of nitrogens with one attached hydrogen (secondary N) is 1. The first-order valence-corrected chi connectivity index (χ1v) is 10.0. The highest BCUT2D eigenvalue weighted by molar-refractivity contribution is 7.89. The molecular weight excluding hydrogens is 404 g/mol. The van der Waals surface area contributed by atoms with Gasteiger partial charge < -0.3 is 4.74 Å². The molecule has 0 unspecified atom stereocenters. The maximum absolute atomic E-state index is 13.0. The van der Waals surface area contributed by atoms with Gasteiger partial charge in [0.05, 0.1) is 4.90 Å². The number of hydrogen-bond donors (Lipinski definition) is 1. The van der Waals surface area contributed by atoms with Crippen LogP contribution in [0, 0.1) is 0 Å². The van der Waals surface area contributed by atoms with Gasteiger partial charge in [-0.05, 0) is 59.3 Å². The van der Waals surface area contributed by atoms with E-state index in [-0.39, 0.29) is 10.6 Å². The summed E-state index contributed by atoms with van der Waals surface area (Å²) in [6, 6.07) is 10.9. The van der Waals surface area contributed by atoms with Crippen molar-refractivity contribution in [3.63, 3.8) is 0 Å². The second-order valence-corrected chi connectivity index (χ2v) is 8.27. The van der Waals surface area contributed by atoms with Crippen molar-refractivity contribution in [1.29, 1.82) is 0 Å². The van der Waals surface area contributed by atoms with Gasteiger partial charge >= 0.3 is 6.11 Å². The second kappa shape index (κ2) is 7.84. The lowest BCUT2D eigenvalue weighted by molar-refractivity contribution is -0.158. The number of aromatic nitrogens is 4. The number of rotatable bonds is 7. The highest BCUT2D eigenvalue weighted by Gasteiger charge is 2.23. The molecule has 0 aliphatic rings. The zero-order chi connectivity index (χ0) is 21.2. The lowest BCUT2D eigenvalue weighted by Crippen LogP contribution is -2.19. The van der Waals surface area contributed by atoms with Gasteiger partial charge in [-0.1, -0.05) is 18.2 Å². The van der Waals surface area contributed by atoms with E-state index in [0.717, 1.165) is 11.1 Å². The van der Waals surface area contributed by atoms with Gasteiger partial charge in [0.2, 0.25) is 10.0 Å². The van der Waals surface area contributed by atoms with Gasteiger partial charge in [-0.3, -0.25) is 0 Å². The Morgan fingerprint density at radius 3 is 2.41 bits per heavy atom. The summed E-state index contributed by atoms with van der Waals surface area (Å²) in [6.07, 6.45) is -2.85. The van der Waals surface area contributed by atoms with Crippen LogP contribution in [0.4, 0.5) is 8.78 Å². The molecule has 0 saturated carbocycles. The van der Waals surface area contributed by atoms with Crippen LogP contribution in [-0.4, -0.2) is 41.8 Å². The SMILES string of the molecule is CNS(=O)(=O)c1ccc(Cc2ccc(OC(C)(F)F)cc2)c(-c2nnnn2C)c1. The lowest BCUT2D eigenvalue weighted by Gasteiger charge is -2.14. The minimum atomic E-state index is -3.65. The number of ether oxygens (including phenoxy) is 1. The Labute approximate surface area is 166 Å². The Bertz CT molecular complexity index is 1110. The summed E-state index contributed by atoms with van der Waals surface area (Å²) < 4.78 is 58.6. The summed E-state index contributed by atoms with van der Waals surface area (Å²) in [7, 11) is -0.675. The Morgan fingerprint density at radius 1 is 1.17 bits per heavy atom. The predicted molar refractivity (Wildman–Crippen MR) is 101 cm³/mol. The molecule has 0 amide bonds. The van der Waals surface area contributed by atoms with Crippen LogP contribution in [0.2, 0.25) is 0 Å². The number of sulfonamides is 1. The number of tetrazole rings is 1. The zero-order valence-electron chi connectivity index (χ0n) is 15.9. The van der Waals surface area contributed by atoms with Crippen LogP contribution in [0.5, 0.6) is 5.75 Å². The van der Waals surface area contributed by atoms with Gasteiger partial charge in [0.25, 0.3) is 0 Å². The Hall–Kier alpha value is -2.92. The van der Waals surface area contributed by atoms with E-state index >= 15 is 0 Å². The first kappa shape index (κ1) is 20.8. The van der Waals surface area contributed by atoms with Crippen LogP contribution in [0.3, 0.4) is 0 Å². The fourth-order valence-corrected chi connectivity index (χ4v) is 3.52. The molecule has 0 spiro atoms. The molecule has 0 saturated heterocycles. The fraction of sp³-hybridized carbons (Fsp3) is 0.278. The van der Waals surface area contributed by atoms with Crippen LogP contribution in [0.25, 0.3) is 11.4 Å². The average Bonchev–Trinajstić information content (AvgIpc) is 3.08. The van der Waals surface area contributed by atoms with E-state index in [0.29, 0.717) is 24.7 Å². The van der Waals surface area contributed by atoms with E-state index in [4.69, 9.17) is 0 Å². The molecule has 11 heteroatoms. The molecule has 8 nitrogen and oxygen atoms in total. The monoisotopic (exact) mass is 423 g/mol. The molecule has 1 N–H and O–H groups in total. The first-order chi connectivity index (χ1) is 13.6. The second-order valence-electron chi connectivity index (χ2n) is 6.38. The van der Waals surface area contributed by atoms with Gasteiger partial charge in [-0.25, -0.2) is 17.8 Å². The Kier molecular flexibility index (Phi) is 5.62. The van der Waals surface area contributed by atoms with Crippen LogP contribution in [0.1, 0.15) is 18.1 Å². The Balaban J connectivity index is 1.98. The summed E-state index contributed by atoms with van der Waals surface area (Å²) >= 11 is 0. The van der Waals surface area contributed by atoms with Crippen molar-refractivity contribution in [3.05, 3.63) is 53.6 Å². The van der Waals surface area contributed by atoms with Crippen molar-refractivity contribution in [2.75, 3.05) is 7.05 Å². The molecule has 1 aromatic heterocycles. The fourth-order valence-electron chi connectivity index (χ4n) is 2.76. The third-order valence-corrected chi connectivity index (χ3v) is 5.55. The third-order valence-electron chi connectivity index (χ3n) is 4.14. The summed E-state index contributed by atoms with van der Waals surface area (Å²) in [5.74, 6) is 0.452. The zero-order valence-corrected chi connectivity index (χ0v) is 16.7. The number of alkyl halides is 2. The highest BCUT2D eigenvalue weighted by atomic mass is 32.2. The molecule has 29 heavy (non-hydrogen) atoms. The molecule has 0 fully saturated rings. The first-order valence-electron chi connectivity index (χ1n) is 8.54. The molecule has 0 bridgehead atoms. The number of hydrogen-bond acceptors (Lipinski definition) is 6. The van der Waals surface area contributed by atoms with Crippen LogP contribution >= 0.6 is 0 Å². The Morgan fingerprint density at radius 2 is 1.86 bits per heavy atom. The summed E-state index contributed by atoms with van der Waals surface area (Å²) in [5.41, 5.74) is 2.14. The molecule has 0 atom stereocenters. The van der Waals surface area contributed by atoms with Crippen LogP contribution < -0.4 is 9.46 Å². The van der Waals surface area contributed by atoms with Crippen molar-refractivity contribution >= 4 is 10.0 Å². The van der Waals surface area contributed by atoms with E-state index in [9.17, 15) is 17.2 Å². The van der Waals surface area contributed by atoms with E-state index < -0.39 is 16.1 Å². The number of benzene rings is 2. The topological polar surface area (TPSA) is 99.0 Å². The van der Waals surface area contributed by atoms with Crippen LogP contribution in [-0.2, 0) is 23.5 Å². The number of aryl methyl sites for hydroxylation is 1. The lowest BCUT2D eigenvalue weighted by atomic mass is 9.99. The molecule has 0 radical (unpaired) electrons. The summed E-state index contributed by atoms with van der Waals surface area (Å²) in [4.78, 5) is 0.0793. The van der Waals surface area contributed by atoms with Crippen LogP contribution in [0.15, 0.2) is 47.4 Å². The molecule has 0 aliphatic carbocycles. The van der Waals surface area contributed by atoms with Gasteiger partial charge in [-0.15, -0.1) is 5.10 Å². The maximum atomic E-state index is 13.0. The summed E-state index contributed by atoms with van der Waals surface area (Å²) in [6.45, 7) is 0.670. The van der Waals surface area contributed by atoms with E-state index in [2.05, 4.69) is 25.0 Å². The van der Waals surface area contributed by atoms with Gasteiger partial charge in [0, 0.05) is 19.5 Å². The smallest absolute Gasteiger partial charge is 0.394 e. The minimum absolute atomic E-state index is 0.0504. The third kappa shape index (κ3) is 4.93. The quantitative estimate of drug-likeness (QED) is 0.626. The molecule has 154 valence electrons. The van der Waals surface area contributed by atoms with Crippen molar-refractivity contribution in [1.82, 2.24) is 24.9 Å². The summed E-state index contributed by atoms with van der Waals surface area (Å²) in [5, 5.41) is 11.4. The normalized spacial score (nSPS) is 12.2. The van der Waals surface area contributed by atoms with E-state index in [1.165, 1.54) is 36.0 Å². The van der Waals surface area contributed by atoms with Gasteiger partial charge in [-0.2, -0.15) is 8.78 Å². The molecule has 2 aromatic carbocycles. The van der Waals surface area contributed by atoms with E-state index in [1.54, 1.807) is 25.2 Å². The van der Waals surface area contributed by atoms with Crippen molar-refractivity contribution in [3.8, 4) is 17.1 Å². The van der Waals surface area contributed by atoms with Crippen molar-refractivity contribution in [2.45, 2.75) is 24.3 Å². The predicted octanol–water partition coefficient (Wildman–Crippen LogP) is 2.37. The number of nitrogens with zero attached hydrogens (tertiary/aromatic N) is 4. The average molecular weight is 423 g/mol. The molecule has 3 rings (SSSR count). The minimum Gasteiger partial charge on any atom is -0.433 e. The van der Waals surface area contributed by atoms with Gasteiger partial charge in [0.15, 0.2) is 5.82 Å². The maximum Gasteiger partial charge on any atom is 0.394 e. The van der Waals surface area contributed by atoms with Gasteiger partial charge in [0.1, 0.15) is 5.75 Å². The molecule has 1 heterocycles. The van der Waals surface area contributed by atoms with E-state index in [1.807, 2.05) is 0 Å².